The first-order chi connectivity index (χ1) is 9.68. The van der Waals surface area contributed by atoms with Gasteiger partial charge >= 0.3 is 0 Å². The zero-order chi connectivity index (χ0) is 14.1. The summed E-state index contributed by atoms with van der Waals surface area (Å²) in [7, 11) is 0. The molecule has 1 aliphatic heterocycles. The molecular formula is C15H22N2O3. The van der Waals surface area contributed by atoms with Crippen molar-refractivity contribution < 1.29 is 14.3 Å². The van der Waals surface area contributed by atoms with Gasteiger partial charge in [0.1, 0.15) is 11.1 Å². The number of nitrogens with zero attached hydrogens (tertiary/aromatic N) is 1. The molecule has 0 atom stereocenters. The average molecular weight is 278 g/mol. The van der Waals surface area contributed by atoms with Crippen LogP contribution in [-0.4, -0.2) is 36.4 Å². The highest BCUT2D eigenvalue weighted by atomic mass is 16.5. The van der Waals surface area contributed by atoms with Gasteiger partial charge in [-0.25, -0.2) is 0 Å². The Labute approximate surface area is 119 Å². The molecule has 3 aliphatic rings. The van der Waals surface area contributed by atoms with E-state index in [9.17, 15) is 4.79 Å². The molecule has 3 fully saturated rings. The molecule has 1 saturated heterocycles. The molecule has 3 rings (SSSR count). The Bertz CT molecular complexity index is 413. The molecule has 1 N–H and O–H groups in total. The summed E-state index contributed by atoms with van der Waals surface area (Å²) in [5, 5.41) is 12.1. The highest BCUT2D eigenvalue weighted by molar-refractivity contribution is 5.87. The Morgan fingerprint density at radius 1 is 1.20 bits per heavy atom. The summed E-state index contributed by atoms with van der Waals surface area (Å²) in [5.74, 6) is -0.0689. The number of nitrogens with one attached hydrogen (secondary N) is 1. The molecule has 0 aromatic rings. The van der Waals surface area contributed by atoms with Crippen molar-refractivity contribution in [3.8, 4) is 6.07 Å². The van der Waals surface area contributed by atoms with Crippen molar-refractivity contribution in [1.82, 2.24) is 5.32 Å². The molecule has 2 saturated carbocycles. The number of hydrogen-bond donors (Lipinski definition) is 1. The molecule has 1 heterocycles. The highest BCUT2D eigenvalue weighted by Crippen LogP contribution is 2.39. The van der Waals surface area contributed by atoms with Crippen molar-refractivity contribution in [1.29, 1.82) is 5.26 Å². The van der Waals surface area contributed by atoms with Gasteiger partial charge in [-0.05, 0) is 51.4 Å². The molecule has 0 spiro atoms. The number of hydrogen-bond acceptors (Lipinski definition) is 4. The number of ether oxygens (including phenoxy) is 2. The van der Waals surface area contributed by atoms with E-state index in [2.05, 4.69) is 11.4 Å². The van der Waals surface area contributed by atoms with Gasteiger partial charge in [0.15, 0.2) is 0 Å². The van der Waals surface area contributed by atoms with Gasteiger partial charge in [-0.2, -0.15) is 5.26 Å². The molecule has 5 heteroatoms. The molecule has 20 heavy (non-hydrogen) atoms. The third kappa shape index (κ3) is 2.68. The monoisotopic (exact) mass is 278 g/mol. The zero-order valence-electron chi connectivity index (χ0n) is 11.8. The predicted octanol–water partition coefficient (Wildman–Crippen LogP) is 1.67. The van der Waals surface area contributed by atoms with Crippen molar-refractivity contribution in [2.45, 2.75) is 68.6 Å². The maximum absolute atomic E-state index is 12.6. The van der Waals surface area contributed by atoms with E-state index in [4.69, 9.17) is 14.7 Å². The first-order valence-corrected chi connectivity index (χ1v) is 7.68. The summed E-state index contributed by atoms with van der Waals surface area (Å²) < 4.78 is 11.6. The lowest BCUT2D eigenvalue weighted by Gasteiger charge is -2.35. The molecule has 2 aliphatic carbocycles. The Balaban J connectivity index is 1.67. The van der Waals surface area contributed by atoms with Crippen LogP contribution in [0.4, 0.5) is 0 Å². The van der Waals surface area contributed by atoms with Crippen molar-refractivity contribution in [2.75, 3.05) is 13.2 Å². The van der Waals surface area contributed by atoms with Crippen LogP contribution in [0, 0.1) is 11.3 Å². The summed E-state index contributed by atoms with van der Waals surface area (Å²) in [6.07, 6.45) is 6.97. The number of rotatable bonds is 4. The van der Waals surface area contributed by atoms with Gasteiger partial charge in [-0.1, -0.05) is 0 Å². The van der Waals surface area contributed by atoms with Gasteiger partial charge in [0.2, 0.25) is 0 Å². The molecule has 0 aromatic carbocycles. The minimum absolute atomic E-state index is 0.0689. The topological polar surface area (TPSA) is 71.4 Å². The molecule has 0 radical (unpaired) electrons. The van der Waals surface area contributed by atoms with Gasteiger partial charge in [0.05, 0.1) is 12.2 Å². The lowest BCUT2D eigenvalue weighted by molar-refractivity contribution is -0.163. The molecular weight excluding hydrogens is 256 g/mol. The van der Waals surface area contributed by atoms with Crippen molar-refractivity contribution in [2.24, 2.45) is 0 Å². The quantitative estimate of drug-likeness (QED) is 0.849. The van der Waals surface area contributed by atoms with Crippen LogP contribution in [0.1, 0.15) is 51.4 Å². The fourth-order valence-corrected chi connectivity index (χ4v) is 3.18. The first kappa shape index (κ1) is 13.8. The lowest BCUT2D eigenvalue weighted by Crippen LogP contribution is -2.52. The van der Waals surface area contributed by atoms with E-state index in [1.165, 1.54) is 0 Å². The highest BCUT2D eigenvalue weighted by Gasteiger charge is 2.51. The summed E-state index contributed by atoms with van der Waals surface area (Å²) in [6.45, 7) is 1.43. The zero-order valence-corrected chi connectivity index (χ0v) is 11.8. The van der Waals surface area contributed by atoms with Crippen LogP contribution in [0.25, 0.3) is 0 Å². The van der Waals surface area contributed by atoms with Gasteiger partial charge in [0, 0.05) is 13.2 Å². The van der Waals surface area contributed by atoms with E-state index in [1.54, 1.807) is 0 Å². The lowest BCUT2D eigenvalue weighted by atomic mass is 9.98. The maximum atomic E-state index is 12.6. The molecule has 1 amide bonds. The fraction of sp³-hybridized carbons (Fsp3) is 0.867. The predicted molar refractivity (Wildman–Crippen MR) is 71.8 cm³/mol. The largest absolute Gasteiger partial charge is 0.381 e. The van der Waals surface area contributed by atoms with Crippen molar-refractivity contribution >= 4 is 5.91 Å². The van der Waals surface area contributed by atoms with E-state index < -0.39 is 11.1 Å². The second-order valence-corrected chi connectivity index (χ2v) is 6.28. The van der Waals surface area contributed by atoms with Gasteiger partial charge in [-0.15, -0.1) is 0 Å². The number of nitriles is 1. The molecule has 110 valence electrons. The Kier molecular flexibility index (Phi) is 3.70. The molecule has 0 bridgehead atoms. The van der Waals surface area contributed by atoms with E-state index in [-0.39, 0.29) is 12.0 Å². The second kappa shape index (κ2) is 5.34. The van der Waals surface area contributed by atoms with Crippen LogP contribution in [0.5, 0.6) is 0 Å². The van der Waals surface area contributed by atoms with Crippen LogP contribution >= 0.6 is 0 Å². The van der Waals surface area contributed by atoms with Crippen molar-refractivity contribution in [3.05, 3.63) is 0 Å². The van der Waals surface area contributed by atoms with Crippen LogP contribution in [0.15, 0.2) is 0 Å². The summed E-state index contributed by atoms with van der Waals surface area (Å²) in [4.78, 5) is 12.6. The van der Waals surface area contributed by atoms with E-state index in [0.717, 1.165) is 51.4 Å². The van der Waals surface area contributed by atoms with E-state index >= 15 is 0 Å². The van der Waals surface area contributed by atoms with Crippen LogP contribution in [0.2, 0.25) is 0 Å². The second-order valence-electron chi connectivity index (χ2n) is 6.28. The summed E-state index contributed by atoms with van der Waals surface area (Å²) >= 11 is 0. The fourth-order valence-electron chi connectivity index (χ4n) is 3.18. The maximum Gasteiger partial charge on any atom is 0.253 e. The molecule has 5 nitrogen and oxygen atoms in total. The van der Waals surface area contributed by atoms with Crippen LogP contribution in [-0.2, 0) is 14.3 Å². The normalized spacial score (nSPS) is 27.8. The Morgan fingerprint density at radius 2 is 1.85 bits per heavy atom. The van der Waals surface area contributed by atoms with E-state index in [1.807, 2.05) is 0 Å². The van der Waals surface area contributed by atoms with E-state index in [0.29, 0.717) is 13.2 Å². The average Bonchev–Trinajstić information content (AvgIpc) is 3.08. The number of carbonyl (C=O) groups is 1. The smallest absolute Gasteiger partial charge is 0.253 e. The minimum atomic E-state index is -0.700. The van der Waals surface area contributed by atoms with Gasteiger partial charge < -0.3 is 14.8 Å². The van der Waals surface area contributed by atoms with Crippen LogP contribution in [0.3, 0.4) is 0 Å². The number of amides is 1. The molecule has 0 aromatic heterocycles. The standard InChI is InChI=1S/C15H22N2O3/c16-11-14(7-8-14)17-13(18)15(5-1-2-6-15)20-12-3-9-19-10-4-12/h12H,1-10H2,(H,17,18). The van der Waals surface area contributed by atoms with Gasteiger partial charge in [-0.3, -0.25) is 4.79 Å². The third-order valence-electron chi connectivity index (χ3n) is 4.70. The Morgan fingerprint density at radius 3 is 2.40 bits per heavy atom. The molecule has 0 unspecified atom stereocenters. The summed E-state index contributed by atoms with van der Waals surface area (Å²) in [5.41, 5.74) is -1.31. The third-order valence-corrected chi connectivity index (χ3v) is 4.70. The minimum Gasteiger partial charge on any atom is -0.381 e. The van der Waals surface area contributed by atoms with Crippen LogP contribution < -0.4 is 5.32 Å². The first-order valence-electron chi connectivity index (χ1n) is 7.68. The SMILES string of the molecule is N#CC1(NC(=O)C2(OC3CCOCC3)CCCC2)CC1. The van der Waals surface area contributed by atoms with Crippen molar-refractivity contribution in [3.63, 3.8) is 0 Å². The Hall–Kier alpha value is -1.12. The summed E-state index contributed by atoms with van der Waals surface area (Å²) in [6, 6.07) is 2.22. The van der Waals surface area contributed by atoms with Gasteiger partial charge in [0.25, 0.3) is 5.91 Å². The number of carbonyl (C=O) groups excluding carboxylic acids is 1.